The highest BCUT2D eigenvalue weighted by Crippen LogP contribution is 2.18. The molecule has 114 valence electrons. The zero-order valence-electron chi connectivity index (χ0n) is 12.6. The second-order valence-corrected chi connectivity index (χ2v) is 5.99. The summed E-state index contributed by atoms with van der Waals surface area (Å²) in [5.41, 5.74) is 0. The second-order valence-electron chi connectivity index (χ2n) is 5.05. The fourth-order valence-electron chi connectivity index (χ4n) is 1.73. The molecule has 21 heavy (non-hydrogen) atoms. The smallest absolute Gasteiger partial charge is 0.233 e. The lowest BCUT2D eigenvalue weighted by molar-refractivity contribution is -0.127. The lowest BCUT2D eigenvalue weighted by Gasteiger charge is -2.15. The van der Waals surface area contributed by atoms with Crippen molar-refractivity contribution in [3.05, 3.63) is 23.7 Å². The van der Waals surface area contributed by atoms with Crippen molar-refractivity contribution in [2.45, 2.75) is 38.5 Å². The van der Waals surface area contributed by atoms with Crippen LogP contribution in [0.2, 0.25) is 0 Å². The van der Waals surface area contributed by atoms with Crippen LogP contribution in [-0.4, -0.2) is 43.8 Å². The second kappa shape index (κ2) is 6.75. The average molecular weight is 309 g/mol. The summed E-state index contributed by atoms with van der Waals surface area (Å²) in [5.74, 6) is 1.92. The summed E-state index contributed by atoms with van der Waals surface area (Å²) in [4.78, 5) is 13.7. The normalized spacial score (nSPS) is 11.1. The number of aromatic nitrogens is 4. The van der Waals surface area contributed by atoms with Gasteiger partial charge in [0.15, 0.2) is 0 Å². The largest absolute Gasteiger partial charge is 0.464 e. The third kappa shape index (κ3) is 4.07. The van der Waals surface area contributed by atoms with Crippen LogP contribution in [0, 0.1) is 6.92 Å². The third-order valence-electron chi connectivity index (χ3n) is 2.89. The van der Waals surface area contributed by atoms with E-state index in [1.165, 1.54) is 11.8 Å². The highest BCUT2D eigenvalue weighted by atomic mass is 32.2. The molecule has 0 radical (unpaired) electrons. The minimum absolute atomic E-state index is 0.00681. The van der Waals surface area contributed by atoms with E-state index in [-0.39, 0.29) is 11.9 Å². The molecule has 0 fully saturated rings. The van der Waals surface area contributed by atoms with Crippen LogP contribution >= 0.6 is 11.8 Å². The third-order valence-corrected chi connectivity index (χ3v) is 3.81. The number of thioether (sulfide) groups is 1. The van der Waals surface area contributed by atoms with Crippen LogP contribution in [0.5, 0.6) is 0 Å². The van der Waals surface area contributed by atoms with Crippen molar-refractivity contribution in [3.8, 4) is 0 Å². The van der Waals surface area contributed by atoms with E-state index >= 15 is 0 Å². The quantitative estimate of drug-likeness (QED) is 0.759. The molecular weight excluding hydrogens is 290 g/mol. The zero-order valence-corrected chi connectivity index (χ0v) is 13.4. The van der Waals surface area contributed by atoms with Crippen LogP contribution in [0.3, 0.4) is 0 Å². The molecule has 0 bridgehead atoms. The molecule has 0 aliphatic rings. The van der Waals surface area contributed by atoms with E-state index in [2.05, 4.69) is 15.5 Å². The number of rotatable bonds is 6. The van der Waals surface area contributed by atoms with Gasteiger partial charge in [0.1, 0.15) is 11.5 Å². The van der Waals surface area contributed by atoms with Crippen molar-refractivity contribution in [1.82, 2.24) is 25.1 Å². The van der Waals surface area contributed by atoms with Crippen LogP contribution in [0.25, 0.3) is 0 Å². The van der Waals surface area contributed by atoms with Gasteiger partial charge in [-0.05, 0) is 43.3 Å². The maximum Gasteiger partial charge on any atom is 0.233 e. The van der Waals surface area contributed by atoms with Gasteiger partial charge >= 0.3 is 0 Å². The molecule has 2 aromatic heterocycles. The maximum atomic E-state index is 12.1. The number of tetrazole rings is 1. The first kappa shape index (κ1) is 15.6. The molecule has 1 amide bonds. The van der Waals surface area contributed by atoms with Crippen LogP contribution in [0.4, 0.5) is 0 Å². The molecule has 0 aliphatic heterocycles. The first-order chi connectivity index (χ1) is 9.97. The monoisotopic (exact) mass is 309 g/mol. The number of aryl methyl sites for hydroxylation is 1. The molecule has 0 unspecified atom stereocenters. The standard InChI is InChI=1S/C13H19N5O2S/c1-9(2)18-13(14-15-16-18)21-8-12(19)17(4)7-11-6-5-10(3)20-11/h5-6,9H,7-8H2,1-4H3. The molecule has 8 heteroatoms. The number of hydrogen-bond acceptors (Lipinski definition) is 6. The molecule has 0 aliphatic carbocycles. The summed E-state index contributed by atoms with van der Waals surface area (Å²) >= 11 is 1.34. The van der Waals surface area contributed by atoms with Gasteiger partial charge in [-0.1, -0.05) is 11.8 Å². The molecule has 0 aromatic carbocycles. The van der Waals surface area contributed by atoms with Crippen molar-refractivity contribution in [2.24, 2.45) is 0 Å². The molecule has 0 atom stereocenters. The Hall–Kier alpha value is -1.83. The van der Waals surface area contributed by atoms with E-state index in [1.54, 1.807) is 16.6 Å². The number of hydrogen-bond donors (Lipinski definition) is 0. The Morgan fingerprint density at radius 2 is 2.24 bits per heavy atom. The maximum absolute atomic E-state index is 12.1. The fourth-order valence-corrected chi connectivity index (χ4v) is 2.68. The summed E-state index contributed by atoms with van der Waals surface area (Å²) in [6.07, 6.45) is 0. The minimum Gasteiger partial charge on any atom is -0.464 e. The van der Waals surface area contributed by atoms with Gasteiger partial charge in [-0.15, -0.1) is 5.10 Å². The Kier molecular flexibility index (Phi) is 5.00. The summed E-state index contributed by atoms with van der Waals surface area (Å²) in [6.45, 7) is 6.33. The van der Waals surface area contributed by atoms with E-state index in [1.807, 2.05) is 32.9 Å². The molecule has 0 spiro atoms. The van der Waals surface area contributed by atoms with Gasteiger partial charge in [-0.25, -0.2) is 4.68 Å². The number of nitrogens with zero attached hydrogens (tertiary/aromatic N) is 5. The zero-order chi connectivity index (χ0) is 15.4. The van der Waals surface area contributed by atoms with Crippen molar-refractivity contribution in [1.29, 1.82) is 0 Å². The summed E-state index contributed by atoms with van der Waals surface area (Å²) in [5, 5.41) is 12.1. The molecular formula is C13H19N5O2S. The Bertz CT molecular complexity index is 607. The van der Waals surface area contributed by atoms with Crippen LogP contribution in [0.1, 0.15) is 31.4 Å². The van der Waals surface area contributed by atoms with Crippen LogP contribution < -0.4 is 0 Å². The van der Waals surface area contributed by atoms with Gasteiger partial charge in [0, 0.05) is 7.05 Å². The summed E-state index contributed by atoms with van der Waals surface area (Å²) < 4.78 is 7.17. The Morgan fingerprint density at radius 3 is 2.86 bits per heavy atom. The van der Waals surface area contributed by atoms with E-state index in [4.69, 9.17) is 4.42 Å². The number of carbonyl (C=O) groups is 1. The number of amides is 1. The predicted molar refractivity (Wildman–Crippen MR) is 78.8 cm³/mol. The predicted octanol–water partition coefficient (Wildman–Crippen LogP) is 1.91. The van der Waals surface area contributed by atoms with Crippen LogP contribution in [-0.2, 0) is 11.3 Å². The molecule has 2 heterocycles. The lowest BCUT2D eigenvalue weighted by Crippen LogP contribution is -2.27. The molecule has 7 nitrogen and oxygen atoms in total. The van der Waals surface area contributed by atoms with Gasteiger partial charge in [-0.2, -0.15) is 0 Å². The van der Waals surface area contributed by atoms with Crippen molar-refractivity contribution >= 4 is 17.7 Å². The highest BCUT2D eigenvalue weighted by Gasteiger charge is 2.15. The van der Waals surface area contributed by atoms with E-state index in [9.17, 15) is 4.79 Å². The highest BCUT2D eigenvalue weighted by molar-refractivity contribution is 7.99. The Balaban J connectivity index is 1.87. The fraction of sp³-hybridized carbons (Fsp3) is 0.538. The van der Waals surface area contributed by atoms with Crippen molar-refractivity contribution in [3.63, 3.8) is 0 Å². The number of carbonyl (C=O) groups excluding carboxylic acids is 1. The Labute approximate surface area is 127 Å². The van der Waals surface area contributed by atoms with Crippen molar-refractivity contribution < 1.29 is 9.21 Å². The van der Waals surface area contributed by atoms with E-state index < -0.39 is 0 Å². The summed E-state index contributed by atoms with van der Waals surface area (Å²) in [6, 6.07) is 3.94. The average Bonchev–Trinajstić information content (AvgIpc) is 3.04. The molecule has 2 rings (SSSR count). The van der Waals surface area contributed by atoms with Gasteiger partial charge in [0.2, 0.25) is 11.1 Å². The van der Waals surface area contributed by atoms with Gasteiger partial charge in [-0.3, -0.25) is 4.79 Å². The van der Waals surface area contributed by atoms with Gasteiger partial charge in [0.05, 0.1) is 18.3 Å². The first-order valence-electron chi connectivity index (χ1n) is 6.67. The molecule has 0 saturated carbocycles. The van der Waals surface area contributed by atoms with Crippen LogP contribution in [0.15, 0.2) is 21.7 Å². The van der Waals surface area contributed by atoms with Gasteiger partial charge in [0.25, 0.3) is 0 Å². The van der Waals surface area contributed by atoms with E-state index in [0.717, 1.165) is 11.5 Å². The Morgan fingerprint density at radius 1 is 1.48 bits per heavy atom. The molecule has 0 saturated heterocycles. The first-order valence-corrected chi connectivity index (χ1v) is 7.66. The minimum atomic E-state index is 0.00681. The molecule has 2 aromatic rings. The molecule has 0 N–H and O–H groups in total. The van der Waals surface area contributed by atoms with Gasteiger partial charge < -0.3 is 9.32 Å². The van der Waals surface area contributed by atoms with E-state index in [0.29, 0.717) is 17.5 Å². The van der Waals surface area contributed by atoms with Crippen molar-refractivity contribution in [2.75, 3.05) is 12.8 Å². The lowest BCUT2D eigenvalue weighted by atomic mass is 10.4. The topological polar surface area (TPSA) is 77.1 Å². The SMILES string of the molecule is Cc1ccc(CN(C)C(=O)CSc2nnnn2C(C)C)o1. The summed E-state index contributed by atoms with van der Waals surface area (Å²) in [7, 11) is 1.76. The number of furan rings is 1.